The highest BCUT2D eigenvalue weighted by molar-refractivity contribution is 5.89. The van der Waals surface area contributed by atoms with Gasteiger partial charge in [0.15, 0.2) is 11.6 Å². The molecule has 0 aliphatic carbocycles. The van der Waals surface area contributed by atoms with Gasteiger partial charge in [-0.3, -0.25) is 0 Å². The van der Waals surface area contributed by atoms with E-state index in [-0.39, 0.29) is 0 Å². The molecule has 0 unspecified atom stereocenters. The number of hydrogen-bond donors (Lipinski definition) is 0. The second-order valence-corrected chi connectivity index (χ2v) is 13.9. The lowest BCUT2D eigenvalue weighted by molar-refractivity contribution is 1.18. The van der Waals surface area contributed by atoms with Gasteiger partial charge in [-0.25, -0.2) is 19.9 Å². The van der Waals surface area contributed by atoms with Gasteiger partial charge in [-0.15, -0.1) is 0 Å². The Bertz CT molecular complexity index is 2840. The molecule has 0 atom stereocenters. The minimum absolute atomic E-state index is 0.688. The number of rotatable bonds is 7. The van der Waals surface area contributed by atoms with Crippen LogP contribution < -0.4 is 0 Å². The number of fused-ring (bicyclic) bond motifs is 2. The van der Waals surface area contributed by atoms with Gasteiger partial charge in [0, 0.05) is 33.4 Å². The molecule has 0 bridgehead atoms. The largest absolute Gasteiger partial charge is 0.228 e. The summed E-state index contributed by atoms with van der Waals surface area (Å²) in [7, 11) is 0. The lowest BCUT2D eigenvalue weighted by Gasteiger charge is -2.12. The first-order chi connectivity index (χ1) is 27.7. The van der Waals surface area contributed by atoms with Crippen LogP contribution in [0.1, 0.15) is 0 Å². The highest BCUT2D eigenvalue weighted by atomic mass is 14.9. The fourth-order valence-corrected chi connectivity index (χ4v) is 7.28. The Morgan fingerprint density at radius 1 is 0.196 bits per heavy atom. The van der Waals surface area contributed by atoms with E-state index >= 15 is 0 Å². The van der Waals surface area contributed by atoms with Gasteiger partial charge in [0.25, 0.3) is 0 Å². The summed E-state index contributed by atoms with van der Waals surface area (Å²) in [5, 5.41) is 4.77. The van der Waals surface area contributed by atoms with Crippen LogP contribution in [0.5, 0.6) is 0 Å². The van der Waals surface area contributed by atoms with Crippen LogP contribution >= 0.6 is 0 Å². The minimum Gasteiger partial charge on any atom is -0.228 e. The molecular weight excluding hydrogens is 681 g/mol. The molecule has 0 spiro atoms. The van der Waals surface area contributed by atoms with Crippen LogP contribution in [0, 0.1) is 0 Å². The van der Waals surface area contributed by atoms with E-state index < -0.39 is 0 Å². The fraction of sp³-hybridized carbons (Fsp3) is 0. The van der Waals surface area contributed by atoms with Crippen LogP contribution in [0.3, 0.4) is 0 Å². The van der Waals surface area contributed by atoms with Gasteiger partial charge >= 0.3 is 0 Å². The SMILES string of the molecule is c1ccc(-c2cc(-c3ccc(-c4ccc(-c5nc(-c6ccc7ccccc7c6)cc(-c6ccc7ccccc7c6)n5)cc4)cc3)nc(-c3ccccc3)n2)cc1. The summed E-state index contributed by atoms with van der Waals surface area (Å²) < 4.78 is 0. The topological polar surface area (TPSA) is 51.6 Å². The maximum Gasteiger partial charge on any atom is 0.160 e. The number of nitrogens with zero attached hydrogens (tertiary/aromatic N) is 4. The molecule has 10 aromatic rings. The van der Waals surface area contributed by atoms with Gasteiger partial charge in [0.05, 0.1) is 22.8 Å². The van der Waals surface area contributed by atoms with E-state index in [9.17, 15) is 0 Å². The van der Waals surface area contributed by atoms with Crippen molar-refractivity contribution in [2.24, 2.45) is 0 Å². The van der Waals surface area contributed by atoms with Crippen LogP contribution in [0.15, 0.2) is 206 Å². The Morgan fingerprint density at radius 2 is 0.500 bits per heavy atom. The predicted octanol–water partition coefficient (Wildman–Crippen LogP) is 13.2. The van der Waals surface area contributed by atoms with E-state index in [1.165, 1.54) is 21.5 Å². The van der Waals surface area contributed by atoms with Crippen molar-refractivity contribution < 1.29 is 0 Å². The lowest BCUT2D eigenvalue weighted by atomic mass is 10.00. The first-order valence-corrected chi connectivity index (χ1v) is 18.8. The molecule has 0 saturated carbocycles. The molecule has 262 valence electrons. The summed E-state index contributed by atoms with van der Waals surface area (Å²) in [5.41, 5.74) is 11.9. The van der Waals surface area contributed by atoms with Crippen LogP contribution in [0.2, 0.25) is 0 Å². The molecule has 0 fully saturated rings. The maximum absolute atomic E-state index is 5.15. The van der Waals surface area contributed by atoms with Crippen LogP contribution in [-0.2, 0) is 0 Å². The standard InChI is InChI=1S/C52H34N4/c1-3-13-39(14-4-1)47-33-48(54-51(53-47)41-15-5-2-6-16-41)40-25-19-37(20-26-40)38-21-27-42(28-22-38)52-55-49(45-29-23-35-11-7-9-17-43(35)31-45)34-50(56-52)46-30-24-36-12-8-10-18-44(36)32-46/h1-34H. The molecule has 56 heavy (non-hydrogen) atoms. The molecule has 4 nitrogen and oxygen atoms in total. The van der Waals surface area contributed by atoms with E-state index in [0.717, 1.165) is 67.3 Å². The Hall–Kier alpha value is -7.56. The third kappa shape index (κ3) is 6.61. The second kappa shape index (κ2) is 14.3. The quantitative estimate of drug-likeness (QED) is 0.165. The third-order valence-electron chi connectivity index (χ3n) is 10.3. The average Bonchev–Trinajstić information content (AvgIpc) is 3.29. The van der Waals surface area contributed by atoms with Gasteiger partial charge in [-0.2, -0.15) is 0 Å². The van der Waals surface area contributed by atoms with Crippen LogP contribution in [0.4, 0.5) is 0 Å². The van der Waals surface area contributed by atoms with Crippen molar-refractivity contribution in [3.63, 3.8) is 0 Å². The number of aromatic nitrogens is 4. The molecule has 0 aliphatic heterocycles. The molecule has 8 aromatic carbocycles. The van der Waals surface area contributed by atoms with Gasteiger partial charge in [0.1, 0.15) is 0 Å². The summed E-state index contributed by atoms with van der Waals surface area (Å²) in [6.07, 6.45) is 0. The minimum atomic E-state index is 0.688. The van der Waals surface area contributed by atoms with Crippen molar-refractivity contribution >= 4 is 21.5 Å². The summed E-state index contributed by atoms with van der Waals surface area (Å²) in [6.45, 7) is 0. The summed E-state index contributed by atoms with van der Waals surface area (Å²) in [5.74, 6) is 1.39. The van der Waals surface area contributed by atoms with E-state index in [1.54, 1.807) is 0 Å². The average molecular weight is 715 g/mol. The molecular formula is C52H34N4. The monoisotopic (exact) mass is 714 g/mol. The van der Waals surface area contributed by atoms with Gasteiger partial charge in [-0.1, -0.05) is 182 Å². The molecule has 10 rings (SSSR count). The maximum atomic E-state index is 5.15. The first kappa shape index (κ1) is 33.0. The van der Waals surface area contributed by atoms with Gasteiger partial charge in [-0.05, 0) is 56.9 Å². The third-order valence-corrected chi connectivity index (χ3v) is 10.3. The molecule has 4 heteroatoms. The summed E-state index contributed by atoms with van der Waals surface area (Å²) in [6, 6.07) is 71.7. The Labute approximate surface area is 325 Å². The molecule has 0 saturated heterocycles. The van der Waals surface area contributed by atoms with Crippen molar-refractivity contribution in [3.8, 4) is 78.9 Å². The van der Waals surface area contributed by atoms with E-state index in [1.807, 2.05) is 36.4 Å². The normalized spacial score (nSPS) is 11.2. The van der Waals surface area contributed by atoms with Crippen molar-refractivity contribution in [3.05, 3.63) is 206 Å². The molecule has 2 heterocycles. The Balaban J connectivity index is 0.994. The van der Waals surface area contributed by atoms with Gasteiger partial charge in [0.2, 0.25) is 0 Å². The predicted molar refractivity (Wildman–Crippen MR) is 231 cm³/mol. The van der Waals surface area contributed by atoms with Crippen molar-refractivity contribution in [1.29, 1.82) is 0 Å². The van der Waals surface area contributed by atoms with E-state index in [4.69, 9.17) is 19.9 Å². The number of hydrogen-bond acceptors (Lipinski definition) is 4. The Morgan fingerprint density at radius 3 is 0.964 bits per heavy atom. The van der Waals surface area contributed by atoms with Crippen LogP contribution in [0.25, 0.3) is 100 Å². The molecule has 0 N–H and O–H groups in total. The summed E-state index contributed by atoms with van der Waals surface area (Å²) in [4.78, 5) is 20.3. The smallest absolute Gasteiger partial charge is 0.160 e. The molecule has 2 aromatic heterocycles. The zero-order valence-electron chi connectivity index (χ0n) is 30.4. The van der Waals surface area contributed by atoms with Gasteiger partial charge < -0.3 is 0 Å². The molecule has 0 radical (unpaired) electrons. The number of benzene rings is 8. The van der Waals surface area contributed by atoms with Crippen molar-refractivity contribution in [1.82, 2.24) is 19.9 Å². The van der Waals surface area contributed by atoms with Crippen molar-refractivity contribution in [2.75, 3.05) is 0 Å². The highest BCUT2D eigenvalue weighted by Gasteiger charge is 2.14. The summed E-state index contributed by atoms with van der Waals surface area (Å²) >= 11 is 0. The fourth-order valence-electron chi connectivity index (χ4n) is 7.28. The zero-order valence-corrected chi connectivity index (χ0v) is 30.4. The lowest BCUT2D eigenvalue weighted by Crippen LogP contribution is -1.96. The zero-order chi connectivity index (χ0) is 37.3. The molecule has 0 aliphatic rings. The van der Waals surface area contributed by atoms with Crippen LogP contribution in [-0.4, -0.2) is 19.9 Å². The van der Waals surface area contributed by atoms with Crippen molar-refractivity contribution in [2.45, 2.75) is 0 Å². The molecule has 0 amide bonds. The second-order valence-electron chi connectivity index (χ2n) is 13.9. The van der Waals surface area contributed by atoms with E-state index in [2.05, 4.69) is 170 Å². The first-order valence-electron chi connectivity index (χ1n) is 18.8. The van der Waals surface area contributed by atoms with E-state index in [0.29, 0.717) is 11.6 Å². The highest BCUT2D eigenvalue weighted by Crippen LogP contribution is 2.33. The Kier molecular flexibility index (Phi) is 8.47.